The number of nitrogen functional groups attached to an aromatic ring is 1. The van der Waals surface area contributed by atoms with Crippen molar-refractivity contribution < 1.29 is 4.57 Å². The van der Waals surface area contributed by atoms with E-state index in [1.54, 1.807) is 0 Å². The number of nitrogens with zero attached hydrogens (tertiary/aromatic N) is 3. The quantitative estimate of drug-likeness (QED) is 0.484. The van der Waals surface area contributed by atoms with Gasteiger partial charge in [0.1, 0.15) is 18.4 Å². The highest BCUT2D eigenvalue weighted by molar-refractivity contribution is 6.76. The summed E-state index contributed by atoms with van der Waals surface area (Å²) in [5, 5.41) is 0. The summed E-state index contributed by atoms with van der Waals surface area (Å²) < 4.78 is 4.76. The second kappa shape index (κ2) is 7.24. The Hall–Kier alpha value is -1.75. The molecule has 2 heterocycles. The zero-order chi connectivity index (χ0) is 18.0. The van der Waals surface area contributed by atoms with E-state index in [0.717, 1.165) is 25.3 Å². The van der Waals surface area contributed by atoms with E-state index >= 15 is 0 Å². The minimum atomic E-state index is -0.921. The highest BCUT2D eigenvalue weighted by atomic mass is 28.3. The Kier molecular flexibility index (Phi) is 5.23. The molecule has 2 N–H and O–H groups in total. The van der Waals surface area contributed by atoms with Gasteiger partial charge in [0.15, 0.2) is 0 Å². The molecule has 3 rings (SSSR count). The second-order valence-corrected chi connectivity index (χ2v) is 14.3. The van der Waals surface area contributed by atoms with Crippen LogP contribution in [-0.4, -0.2) is 25.7 Å². The second-order valence-electron chi connectivity index (χ2n) is 8.69. The maximum absolute atomic E-state index is 5.95. The molecule has 136 valence electrons. The van der Waals surface area contributed by atoms with E-state index in [4.69, 9.17) is 5.73 Å². The summed E-state index contributed by atoms with van der Waals surface area (Å²) in [4.78, 5) is 2.48. The Bertz CT molecular complexity index is 717. The minimum Gasteiger partial charge on any atom is -0.399 e. The van der Waals surface area contributed by atoms with Crippen LogP contribution in [0.5, 0.6) is 0 Å². The zero-order valence-electron chi connectivity index (χ0n) is 16.2. The van der Waals surface area contributed by atoms with E-state index < -0.39 is 8.07 Å². The summed E-state index contributed by atoms with van der Waals surface area (Å²) in [6, 6.07) is 8.36. The monoisotopic (exact) mass is 357 g/mol. The molecule has 0 amide bonds. The van der Waals surface area contributed by atoms with Crippen LogP contribution in [0.15, 0.2) is 36.9 Å². The van der Waals surface area contributed by atoms with Crippen molar-refractivity contribution in [2.24, 2.45) is 0 Å². The van der Waals surface area contributed by atoms with Gasteiger partial charge in [-0.25, -0.2) is 9.13 Å². The normalized spacial score (nSPS) is 18.1. The molecule has 1 atom stereocenters. The summed E-state index contributed by atoms with van der Waals surface area (Å²) in [5.74, 6) is 0. The molecule has 0 saturated carbocycles. The number of benzene rings is 1. The Labute approximate surface area is 153 Å². The maximum atomic E-state index is 5.95. The van der Waals surface area contributed by atoms with Crippen molar-refractivity contribution in [3.05, 3.63) is 42.5 Å². The van der Waals surface area contributed by atoms with E-state index in [0.29, 0.717) is 6.04 Å². The Morgan fingerprint density at radius 2 is 2.08 bits per heavy atom. The molecule has 4 nitrogen and oxygen atoms in total. The first-order chi connectivity index (χ1) is 11.8. The van der Waals surface area contributed by atoms with Gasteiger partial charge in [0.2, 0.25) is 6.33 Å². The summed E-state index contributed by atoms with van der Waals surface area (Å²) >= 11 is 0. The molecule has 1 aromatic carbocycles. The molecule has 25 heavy (non-hydrogen) atoms. The molecule has 1 aliphatic heterocycles. The predicted molar refractivity (Wildman–Crippen MR) is 109 cm³/mol. The number of imidazole rings is 1. The first-order valence-corrected chi connectivity index (χ1v) is 13.2. The maximum Gasteiger partial charge on any atom is 0.244 e. The van der Waals surface area contributed by atoms with Crippen molar-refractivity contribution in [1.29, 1.82) is 0 Å². The Morgan fingerprint density at radius 3 is 2.80 bits per heavy atom. The Morgan fingerprint density at radius 1 is 1.28 bits per heavy atom. The Balaban J connectivity index is 1.58. The summed E-state index contributed by atoms with van der Waals surface area (Å²) in [6.45, 7) is 12.8. The molecule has 1 aromatic heterocycles. The van der Waals surface area contributed by atoms with Crippen LogP contribution in [0.25, 0.3) is 0 Å². The van der Waals surface area contributed by atoms with Crippen LogP contribution in [0.4, 0.5) is 11.4 Å². The van der Waals surface area contributed by atoms with Crippen LogP contribution in [0.3, 0.4) is 0 Å². The fraction of sp³-hybridized carbons (Fsp3) is 0.550. The van der Waals surface area contributed by atoms with Crippen molar-refractivity contribution in [3.8, 4) is 0 Å². The fourth-order valence-corrected chi connectivity index (χ4v) is 4.85. The zero-order valence-corrected chi connectivity index (χ0v) is 17.2. The van der Waals surface area contributed by atoms with Gasteiger partial charge >= 0.3 is 0 Å². The first kappa shape index (κ1) is 18.1. The van der Waals surface area contributed by atoms with Gasteiger partial charge in [-0.3, -0.25) is 0 Å². The van der Waals surface area contributed by atoms with Crippen molar-refractivity contribution in [2.75, 3.05) is 23.7 Å². The third-order valence-corrected chi connectivity index (χ3v) is 7.11. The number of hydrogen-bond donors (Lipinski definition) is 1. The fourth-order valence-electron chi connectivity index (χ4n) is 3.63. The van der Waals surface area contributed by atoms with Crippen LogP contribution in [0, 0.1) is 6.92 Å². The van der Waals surface area contributed by atoms with Gasteiger partial charge in [-0.1, -0.05) is 25.7 Å². The molecule has 1 aliphatic rings. The highest BCUT2D eigenvalue weighted by Crippen LogP contribution is 2.28. The van der Waals surface area contributed by atoms with Gasteiger partial charge in [0.25, 0.3) is 0 Å². The number of hydrogen-bond acceptors (Lipinski definition) is 2. The van der Waals surface area contributed by atoms with Crippen molar-refractivity contribution >= 4 is 19.4 Å². The molecular weight excluding hydrogens is 324 g/mol. The topological polar surface area (TPSA) is 38.1 Å². The van der Waals surface area contributed by atoms with Crippen LogP contribution < -0.4 is 15.2 Å². The lowest BCUT2D eigenvalue weighted by molar-refractivity contribution is -0.696. The number of anilines is 2. The predicted octanol–water partition coefficient (Wildman–Crippen LogP) is 3.85. The van der Waals surface area contributed by atoms with Crippen LogP contribution >= 0.6 is 0 Å². The van der Waals surface area contributed by atoms with E-state index in [1.807, 2.05) is 6.07 Å². The molecule has 1 unspecified atom stereocenters. The summed E-state index contributed by atoms with van der Waals surface area (Å²) in [5.41, 5.74) is 9.30. The van der Waals surface area contributed by atoms with Gasteiger partial charge in [-0.2, -0.15) is 0 Å². The number of aromatic nitrogens is 2. The van der Waals surface area contributed by atoms with Crippen LogP contribution in [0.1, 0.15) is 24.4 Å². The number of nitrogens with two attached hydrogens (primary N) is 1. The van der Waals surface area contributed by atoms with Crippen LogP contribution in [-0.2, 0) is 6.54 Å². The molecule has 2 aromatic rings. The third-order valence-electron chi connectivity index (χ3n) is 5.26. The molecular formula is C20H33N4Si+. The van der Waals surface area contributed by atoms with Gasteiger partial charge < -0.3 is 10.6 Å². The standard InChI is InChI=1S/C20H33N4Si/c1-17-14-18(6-7-20(17)21)23-10-8-19(15-23)24-12-11-22(16-24)9-5-13-25(2,3)4/h6-7,11-12,14,16,19H,5,8-10,13,15,21H2,1-4H3/q+1. The molecule has 0 bridgehead atoms. The molecule has 0 spiro atoms. The van der Waals surface area contributed by atoms with Crippen molar-refractivity contribution in [2.45, 2.75) is 58.0 Å². The SMILES string of the molecule is Cc1cc(N2CCC(n3cc[n+](CCC[Si](C)(C)C)c3)C2)ccc1N. The van der Waals surface area contributed by atoms with E-state index in [2.05, 4.69) is 71.5 Å². The van der Waals surface area contributed by atoms with Gasteiger partial charge in [0.05, 0.1) is 13.1 Å². The molecule has 0 radical (unpaired) electrons. The molecule has 0 aliphatic carbocycles. The van der Waals surface area contributed by atoms with Crippen LogP contribution in [0.2, 0.25) is 25.7 Å². The number of rotatable bonds is 6. The summed E-state index contributed by atoms with van der Waals surface area (Å²) in [7, 11) is -0.921. The average Bonchev–Trinajstić information content (AvgIpc) is 3.17. The van der Waals surface area contributed by atoms with Crippen molar-refractivity contribution in [1.82, 2.24) is 4.57 Å². The minimum absolute atomic E-state index is 0.566. The highest BCUT2D eigenvalue weighted by Gasteiger charge is 2.28. The lowest BCUT2D eigenvalue weighted by Gasteiger charge is -2.19. The third kappa shape index (κ3) is 4.66. The van der Waals surface area contributed by atoms with E-state index in [9.17, 15) is 0 Å². The van der Waals surface area contributed by atoms with Gasteiger partial charge in [-0.15, -0.1) is 0 Å². The van der Waals surface area contributed by atoms with Gasteiger partial charge in [-0.05, 0) is 37.1 Å². The molecule has 1 saturated heterocycles. The average molecular weight is 358 g/mol. The van der Waals surface area contributed by atoms with E-state index in [-0.39, 0.29) is 0 Å². The largest absolute Gasteiger partial charge is 0.399 e. The number of aryl methyl sites for hydroxylation is 2. The van der Waals surface area contributed by atoms with Crippen molar-refractivity contribution in [3.63, 3.8) is 0 Å². The smallest absolute Gasteiger partial charge is 0.244 e. The first-order valence-electron chi connectivity index (χ1n) is 9.49. The lowest BCUT2D eigenvalue weighted by Crippen LogP contribution is -2.33. The molecule has 5 heteroatoms. The van der Waals surface area contributed by atoms with Gasteiger partial charge in [0, 0.05) is 32.4 Å². The summed E-state index contributed by atoms with van der Waals surface area (Å²) in [6.07, 6.45) is 9.28. The molecule has 1 fully saturated rings. The lowest BCUT2D eigenvalue weighted by atomic mass is 10.2. The van der Waals surface area contributed by atoms with E-state index in [1.165, 1.54) is 30.1 Å².